The van der Waals surface area contributed by atoms with Crippen molar-refractivity contribution in [1.29, 1.82) is 0 Å². The Morgan fingerprint density at radius 2 is 2.00 bits per heavy atom. The van der Waals surface area contributed by atoms with Crippen LogP contribution >= 0.6 is 11.3 Å². The molecule has 35 heavy (non-hydrogen) atoms. The second kappa shape index (κ2) is 8.46. The Labute approximate surface area is 207 Å². The predicted octanol–water partition coefficient (Wildman–Crippen LogP) is 4.14. The molecule has 6 rings (SSSR count). The first kappa shape index (κ1) is 21.7. The molecule has 1 saturated heterocycles. The summed E-state index contributed by atoms with van der Waals surface area (Å²) in [6.45, 7) is 3.10. The van der Waals surface area contributed by atoms with Gasteiger partial charge in [0.1, 0.15) is 5.69 Å². The summed E-state index contributed by atoms with van der Waals surface area (Å²) in [4.78, 5) is 38.3. The Morgan fingerprint density at radius 3 is 2.86 bits per heavy atom. The molecule has 2 amide bonds. The van der Waals surface area contributed by atoms with E-state index >= 15 is 0 Å². The summed E-state index contributed by atoms with van der Waals surface area (Å²) in [5.74, 6) is 0.596. The fourth-order valence-corrected chi connectivity index (χ4v) is 6.07. The highest BCUT2D eigenvalue weighted by Crippen LogP contribution is 2.50. The smallest absolute Gasteiger partial charge is 0.274 e. The van der Waals surface area contributed by atoms with Crippen LogP contribution in [-0.4, -0.2) is 45.8 Å². The van der Waals surface area contributed by atoms with Crippen LogP contribution in [0.1, 0.15) is 32.8 Å². The molecule has 176 valence electrons. The lowest BCUT2D eigenvalue weighted by Crippen LogP contribution is -2.45. The van der Waals surface area contributed by atoms with E-state index in [-0.39, 0.29) is 17.9 Å². The number of nitrogens with zero attached hydrogens (tertiary/aromatic N) is 3. The number of carbonyl (C=O) groups is 2. The molecule has 1 aliphatic heterocycles. The number of benzene rings is 2. The van der Waals surface area contributed by atoms with Crippen molar-refractivity contribution >= 4 is 39.2 Å². The summed E-state index contributed by atoms with van der Waals surface area (Å²) in [7, 11) is 0. The van der Waals surface area contributed by atoms with E-state index in [0.717, 1.165) is 27.8 Å². The van der Waals surface area contributed by atoms with Gasteiger partial charge in [-0.25, -0.2) is 4.98 Å². The number of hydrogen-bond acceptors (Lipinski definition) is 6. The highest BCUT2D eigenvalue weighted by molar-refractivity contribution is 7.19. The molecule has 2 aromatic carbocycles. The van der Waals surface area contributed by atoms with Crippen LogP contribution in [0.3, 0.4) is 0 Å². The Bertz CT molecular complexity index is 1460. The topological polar surface area (TPSA) is 101 Å². The fourth-order valence-electron chi connectivity index (χ4n) is 5.25. The maximum absolute atomic E-state index is 13.7. The van der Waals surface area contributed by atoms with E-state index < -0.39 is 0 Å². The van der Waals surface area contributed by atoms with Crippen LogP contribution in [0, 0.1) is 18.8 Å². The van der Waals surface area contributed by atoms with Gasteiger partial charge >= 0.3 is 0 Å². The number of pyridine rings is 1. The Balaban J connectivity index is 1.23. The number of nitrogens with one attached hydrogen (secondary N) is 1. The standard InChI is InChI=1S/C27H25N5O2S/c1-15-5-2-7-17(11-15)24-23(31-27(28)35-24)26(34)32-14-18-12-20(18)21(32)13-30-25(33)19-9-3-6-16-8-4-10-29-22(16)19/h2-11,18,20-21H,12-14H2,1H3,(H2,28,31)(H,30,33)/t18-,20-,21-/m1/s1. The third kappa shape index (κ3) is 3.93. The summed E-state index contributed by atoms with van der Waals surface area (Å²) in [5, 5.41) is 4.37. The van der Waals surface area contributed by atoms with Gasteiger partial charge < -0.3 is 16.0 Å². The van der Waals surface area contributed by atoms with Crippen molar-refractivity contribution in [1.82, 2.24) is 20.2 Å². The van der Waals surface area contributed by atoms with Crippen molar-refractivity contribution in [3.05, 3.63) is 77.6 Å². The quantitative estimate of drug-likeness (QED) is 0.444. The number of aryl methyl sites for hydroxylation is 1. The van der Waals surface area contributed by atoms with Gasteiger partial charge in [-0.1, -0.05) is 59.4 Å². The van der Waals surface area contributed by atoms with Gasteiger partial charge in [-0.15, -0.1) is 0 Å². The van der Waals surface area contributed by atoms with Crippen molar-refractivity contribution in [2.24, 2.45) is 11.8 Å². The number of fused-ring (bicyclic) bond motifs is 2. The third-order valence-corrected chi connectivity index (χ3v) is 7.97. The molecule has 0 unspecified atom stereocenters. The Kier molecular flexibility index (Phi) is 5.25. The number of para-hydroxylation sites is 1. The second-order valence-corrected chi connectivity index (χ2v) is 10.4. The highest BCUT2D eigenvalue weighted by atomic mass is 32.1. The zero-order valence-electron chi connectivity index (χ0n) is 19.3. The molecule has 3 atom stereocenters. The molecule has 2 aliphatic rings. The summed E-state index contributed by atoms with van der Waals surface area (Å²) in [6.07, 6.45) is 2.78. The number of amides is 2. The molecule has 0 radical (unpaired) electrons. The van der Waals surface area contributed by atoms with Gasteiger partial charge in [-0.3, -0.25) is 14.6 Å². The second-order valence-electron chi connectivity index (χ2n) is 9.37. The minimum atomic E-state index is -0.177. The van der Waals surface area contributed by atoms with Crippen LogP contribution in [0.4, 0.5) is 5.13 Å². The van der Waals surface area contributed by atoms with Gasteiger partial charge in [0, 0.05) is 24.7 Å². The molecule has 4 aromatic rings. The molecule has 3 heterocycles. The number of carbonyl (C=O) groups excluding carboxylic acids is 2. The number of anilines is 1. The van der Waals surface area contributed by atoms with Crippen molar-refractivity contribution in [2.75, 3.05) is 18.8 Å². The Morgan fingerprint density at radius 1 is 1.17 bits per heavy atom. The summed E-state index contributed by atoms with van der Waals surface area (Å²) in [5.41, 5.74) is 9.72. The van der Waals surface area contributed by atoms with Crippen LogP contribution in [-0.2, 0) is 0 Å². The first-order chi connectivity index (χ1) is 17.0. The lowest BCUT2D eigenvalue weighted by atomic mass is 10.1. The zero-order valence-corrected chi connectivity index (χ0v) is 20.1. The van der Waals surface area contributed by atoms with E-state index in [0.29, 0.717) is 46.8 Å². The number of thiazole rings is 1. The number of nitrogen functional groups attached to an aromatic ring is 1. The van der Waals surface area contributed by atoms with Gasteiger partial charge in [0.2, 0.25) is 0 Å². The molecule has 1 aliphatic carbocycles. The average Bonchev–Trinajstić information content (AvgIpc) is 3.38. The van der Waals surface area contributed by atoms with Crippen LogP contribution in [0.2, 0.25) is 0 Å². The fraction of sp³-hybridized carbons (Fsp3) is 0.259. The molecule has 3 N–H and O–H groups in total. The van der Waals surface area contributed by atoms with Gasteiger partial charge in [-0.2, -0.15) is 0 Å². The first-order valence-electron chi connectivity index (χ1n) is 11.8. The number of aromatic nitrogens is 2. The van der Waals surface area contributed by atoms with E-state index in [2.05, 4.69) is 15.3 Å². The predicted molar refractivity (Wildman–Crippen MR) is 137 cm³/mol. The average molecular weight is 484 g/mol. The molecule has 1 saturated carbocycles. The third-order valence-electron chi connectivity index (χ3n) is 7.04. The zero-order chi connectivity index (χ0) is 24.1. The van der Waals surface area contributed by atoms with E-state index in [1.807, 2.05) is 60.4 Å². The molecule has 2 fully saturated rings. The number of nitrogens with two attached hydrogens (primary N) is 1. The lowest BCUT2D eigenvalue weighted by Gasteiger charge is -2.27. The minimum absolute atomic E-state index is 0.0623. The van der Waals surface area contributed by atoms with Crippen LogP contribution < -0.4 is 11.1 Å². The van der Waals surface area contributed by atoms with E-state index in [1.165, 1.54) is 11.3 Å². The normalized spacial score (nSPS) is 20.6. The minimum Gasteiger partial charge on any atom is -0.375 e. The van der Waals surface area contributed by atoms with E-state index in [4.69, 9.17) is 5.73 Å². The number of hydrogen-bond donors (Lipinski definition) is 2. The summed E-state index contributed by atoms with van der Waals surface area (Å²) in [6, 6.07) is 17.3. The van der Waals surface area contributed by atoms with Gasteiger partial charge in [0.15, 0.2) is 5.13 Å². The molecule has 7 nitrogen and oxygen atoms in total. The van der Waals surface area contributed by atoms with Crippen molar-refractivity contribution in [2.45, 2.75) is 19.4 Å². The van der Waals surface area contributed by atoms with Crippen LogP contribution in [0.25, 0.3) is 21.3 Å². The van der Waals surface area contributed by atoms with E-state index in [9.17, 15) is 9.59 Å². The molecule has 0 bridgehead atoms. The molecular formula is C27H25N5O2S. The van der Waals surface area contributed by atoms with Gasteiger partial charge in [0.25, 0.3) is 11.8 Å². The van der Waals surface area contributed by atoms with Crippen molar-refractivity contribution < 1.29 is 9.59 Å². The monoisotopic (exact) mass is 483 g/mol. The maximum Gasteiger partial charge on any atom is 0.274 e. The number of rotatable bonds is 5. The molecular weight excluding hydrogens is 458 g/mol. The Hall–Kier alpha value is -3.78. The number of piperidine rings is 1. The molecule has 0 spiro atoms. The largest absolute Gasteiger partial charge is 0.375 e. The van der Waals surface area contributed by atoms with Gasteiger partial charge in [-0.05, 0) is 42.9 Å². The summed E-state index contributed by atoms with van der Waals surface area (Å²) < 4.78 is 0. The maximum atomic E-state index is 13.7. The van der Waals surface area contributed by atoms with Crippen LogP contribution in [0.15, 0.2) is 60.8 Å². The highest BCUT2D eigenvalue weighted by Gasteiger charge is 2.54. The van der Waals surface area contributed by atoms with E-state index in [1.54, 1.807) is 12.3 Å². The molecule has 2 aromatic heterocycles. The number of likely N-dealkylation sites (tertiary alicyclic amines) is 1. The van der Waals surface area contributed by atoms with Crippen molar-refractivity contribution in [3.8, 4) is 10.4 Å². The summed E-state index contributed by atoms with van der Waals surface area (Å²) >= 11 is 1.34. The SMILES string of the molecule is Cc1cccc(-c2sc(N)nc2C(=O)N2C[C@H]3C[C@H]3[C@H]2CNC(=O)c2cccc3cccnc23)c1. The van der Waals surface area contributed by atoms with Gasteiger partial charge in [0.05, 0.1) is 22.0 Å². The first-order valence-corrected chi connectivity index (χ1v) is 12.6. The van der Waals surface area contributed by atoms with Crippen molar-refractivity contribution in [3.63, 3.8) is 0 Å². The van der Waals surface area contributed by atoms with Crippen LogP contribution in [0.5, 0.6) is 0 Å². The lowest BCUT2D eigenvalue weighted by molar-refractivity contribution is 0.0691. The molecule has 8 heteroatoms.